The Bertz CT molecular complexity index is 781. The van der Waals surface area contributed by atoms with Gasteiger partial charge in [0.05, 0.1) is 6.10 Å². The van der Waals surface area contributed by atoms with Crippen LogP contribution in [0.2, 0.25) is 0 Å². The zero-order valence-electron chi connectivity index (χ0n) is 14.3. The topological polar surface area (TPSA) is 69.0 Å². The lowest BCUT2D eigenvalue weighted by atomic mass is 10.1. The molecule has 2 atom stereocenters. The van der Waals surface area contributed by atoms with E-state index in [1.165, 1.54) is 24.3 Å². The standard InChI is InChI=1S/C9H9BrFN3.C9H10BrFO/c1-6(13-14-12)4-7-5-8(11)2-3-9(7)10;1-6(12)4-7-5-8(11)2-3-9(7)10/h2-3,5-6H,4H2,1H3;2-3,5-6,12H,4H2,1H3/t2*6-/m01/s1. The Morgan fingerprint density at radius 1 is 1.00 bits per heavy atom. The van der Waals surface area contributed by atoms with Crippen LogP contribution in [0.3, 0.4) is 0 Å². The van der Waals surface area contributed by atoms with Crippen LogP contribution in [0.4, 0.5) is 8.78 Å². The highest BCUT2D eigenvalue weighted by Gasteiger charge is 2.06. The maximum atomic E-state index is 12.9. The van der Waals surface area contributed by atoms with E-state index in [0.717, 1.165) is 20.1 Å². The van der Waals surface area contributed by atoms with Gasteiger partial charge >= 0.3 is 0 Å². The van der Waals surface area contributed by atoms with E-state index in [0.29, 0.717) is 12.8 Å². The predicted molar refractivity (Wildman–Crippen MR) is 106 cm³/mol. The summed E-state index contributed by atoms with van der Waals surface area (Å²) in [5.74, 6) is -0.551. The van der Waals surface area contributed by atoms with E-state index in [1.54, 1.807) is 26.0 Å². The van der Waals surface area contributed by atoms with Crippen LogP contribution in [0.5, 0.6) is 0 Å². The van der Waals surface area contributed by atoms with Crippen molar-refractivity contribution < 1.29 is 13.9 Å². The third kappa shape index (κ3) is 8.27. The minimum absolute atomic E-state index is 0.168. The number of hydrogen-bond donors (Lipinski definition) is 1. The van der Waals surface area contributed by atoms with Crippen LogP contribution in [0, 0.1) is 11.6 Å². The molecule has 0 aliphatic carbocycles. The van der Waals surface area contributed by atoms with Gasteiger partial charge in [0.2, 0.25) is 0 Å². The van der Waals surface area contributed by atoms with E-state index in [4.69, 9.17) is 10.6 Å². The van der Waals surface area contributed by atoms with Gasteiger partial charge in [0, 0.05) is 19.9 Å². The predicted octanol–water partition coefficient (Wildman–Crippen LogP) is 6.34. The van der Waals surface area contributed by atoms with Gasteiger partial charge in [-0.2, -0.15) is 0 Å². The first kappa shape index (κ1) is 22.6. The fourth-order valence-electron chi connectivity index (χ4n) is 2.16. The Balaban J connectivity index is 0.000000263. The maximum Gasteiger partial charge on any atom is 0.123 e. The van der Waals surface area contributed by atoms with Gasteiger partial charge in [-0.3, -0.25) is 0 Å². The molecule has 2 aromatic rings. The van der Waals surface area contributed by atoms with E-state index in [9.17, 15) is 8.78 Å². The molecule has 0 aromatic heterocycles. The highest BCUT2D eigenvalue weighted by atomic mass is 79.9. The quantitative estimate of drug-likeness (QED) is 0.296. The summed E-state index contributed by atoms with van der Waals surface area (Å²) in [6.45, 7) is 3.47. The van der Waals surface area contributed by atoms with Crippen molar-refractivity contribution >= 4 is 31.9 Å². The van der Waals surface area contributed by atoms with E-state index in [1.807, 2.05) is 0 Å². The monoisotopic (exact) mass is 489 g/mol. The van der Waals surface area contributed by atoms with Gasteiger partial charge in [-0.1, -0.05) is 43.9 Å². The first-order valence-corrected chi connectivity index (χ1v) is 9.41. The summed E-state index contributed by atoms with van der Waals surface area (Å²) in [5.41, 5.74) is 9.82. The second kappa shape index (κ2) is 11.3. The summed E-state index contributed by atoms with van der Waals surface area (Å²) in [4.78, 5) is 2.70. The number of aliphatic hydroxyl groups excluding tert-OH is 1. The minimum Gasteiger partial charge on any atom is -0.393 e. The van der Waals surface area contributed by atoms with Crippen molar-refractivity contribution in [2.75, 3.05) is 0 Å². The molecule has 26 heavy (non-hydrogen) atoms. The van der Waals surface area contributed by atoms with Crippen LogP contribution in [0.1, 0.15) is 25.0 Å². The van der Waals surface area contributed by atoms with Crippen LogP contribution >= 0.6 is 31.9 Å². The molecule has 140 valence electrons. The van der Waals surface area contributed by atoms with Crippen LogP contribution < -0.4 is 0 Å². The largest absolute Gasteiger partial charge is 0.393 e. The number of benzene rings is 2. The van der Waals surface area contributed by atoms with E-state index >= 15 is 0 Å². The molecule has 0 saturated heterocycles. The fraction of sp³-hybridized carbons (Fsp3) is 0.333. The molecule has 1 N–H and O–H groups in total. The summed E-state index contributed by atoms with van der Waals surface area (Å²) in [6, 6.07) is 8.75. The van der Waals surface area contributed by atoms with Crippen molar-refractivity contribution in [2.45, 2.75) is 38.8 Å². The van der Waals surface area contributed by atoms with Crippen molar-refractivity contribution in [3.8, 4) is 0 Å². The fourth-order valence-corrected chi connectivity index (χ4v) is 2.98. The Morgan fingerprint density at radius 3 is 1.88 bits per heavy atom. The van der Waals surface area contributed by atoms with Crippen molar-refractivity contribution in [3.63, 3.8) is 0 Å². The first-order chi connectivity index (χ1) is 12.2. The molecular formula is C18H19Br2F2N3O. The van der Waals surface area contributed by atoms with Crippen LogP contribution in [-0.2, 0) is 12.8 Å². The van der Waals surface area contributed by atoms with E-state index < -0.39 is 6.10 Å². The van der Waals surface area contributed by atoms with Gasteiger partial charge in [0.1, 0.15) is 11.6 Å². The molecule has 0 heterocycles. The second-order valence-corrected chi connectivity index (χ2v) is 7.49. The smallest absolute Gasteiger partial charge is 0.123 e. The Hall–Kier alpha value is -1.47. The molecule has 2 rings (SSSR count). The first-order valence-electron chi connectivity index (χ1n) is 7.83. The van der Waals surface area contributed by atoms with Crippen molar-refractivity contribution in [3.05, 3.63) is 78.5 Å². The zero-order chi connectivity index (χ0) is 19.7. The zero-order valence-corrected chi connectivity index (χ0v) is 17.5. The molecule has 0 aliphatic heterocycles. The van der Waals surface area contributed by atoms with Gasteiger partial charge in [0.25, 0.3) is 0 Å². The lowest BCUT2D eigenvalue weighted by molar-refractivity contribution is 0.195. The molecule has 0 radical (unpaired) electrons. The molecule has 0 fully saturated rings. The molecule has 0 saturated carbocycles. The van der Waals surface area contributed by atoms with Gasteiger partial charge in [-0.25, -0.2) is 8.78 Å². The third-order valence-corrected chi connectivity index (χ3v) is 4.84. The lowest BCUT2D eigenvalue weighted by Crippen LogP contribution is -2.04. The summed E-state index contributed by atoms with van der Waals surface area (Å²) in [5, 5.41) is 12.6. The Morgan fingerprint density at radius 2 is 1.46 bits per heavy atom. The SMILES string of the molecule is C[C@@H](Cc1cc(F)ccc1Br)N=[N+]=[N-].C[C@@H](O)Cc1cc(F)ccc1Br. The summed E-state index contributed by atoms with van der Waals surface area (Å²) in [6.07, 6.45) is 0.559. The van der Waals surface area contributed by atoms with Crippen molar-refractivity contribution in [2.24, 2.45) is 5.11 Å². The molecule has 0 spiro atoms. The highest BCUT2D eigenvalue weighted by molar-refractivity contribution is 9.10. The number of halogens is 4. The second-order valence-electron chi connectivity index (χ2n) is 5.78. The van der Waals surface area contributed by atoms with Crippen LogP contribution in [0.15, 0.2) is 50.5 Å². The van der Waals surface area contributed by atoms with Gasteiger partial charge in [-0.15, -0.1) is 0 Å². The van der Waals surface area contributed by atoms with Crippen LogP contribution in [0.25, 0.3) is 10.4 Å². The number of aliphatic hydroxyl groups is 1. The lowest BCUT2D eigenvalue weighted by Gasteiger charge is -2.06. The van der Waals surface area contributed by atoms with Crippen LogP contribution in [-0.4, -0.2) is 17.3 Å². The van der Waals surface area contributed by atoms with Crippen molar-refractivity contribution in [1.29, 1.82) is 0 Å². The molecule has 4 nitrogen and oxygen atoms in total. The van der Waals surface area contributed by atoms with Gasteiger partial charge in [0.15, 0.2) is 0 Å². The maximum absolute atomic E-state index is 12.9. The van der Waals surface area contributed by atoms with E-state index in [2.05, 4.69) is 41.9 Å². The summed E-state index contributed by atoms with van der Waals surface area (Å²) in [7, 11) is 0. The minimum atomic E-state index is -0.442. The normalized spacial score (nSPS) is 12.4. The number of hydrogen-bond acceptors (Lipinski definition) is 2. The highest BCUT2D eigenvalue weighted by Crippen LogP contribution is 2.20. The molecule has 0 unspecified atom stereocenters. The number of azide groups is 1. The van der Waals surface area contributed by atoms with Crippen molar-refractivity contribution in [1.82, 2.24) is 0 Å². The average molecular weight is 491 g/mol. The molecule has 0 aliphatic rings. The molecule has 2 aromatic carbocycles. The number of nitrogens with zero attached hydrogens (tertiary/aromatic N) is 3. The van der Waals surface area contributed by atoms with E-state index in [-0.39, 0.29) is 17.7 Å². The molecule has 0 bridgehead atoms. The molecular weight excluding hydrogens is 472 g/mol. The molecule has 8 heteroatoms. The summed E-state index contributed by atoms with van der Waals surface area (Å²) >= 11 is 6.59. The molecule has 0 amide bonds. The summed E-state index contributed by atoms with van der Waals surface area (Å²) < 4.78 is 27.2. The Kier molecular flexibility index (Phi) is 9.80. The van der Waals surface area contributed by atoms with Gasteiger partial charge < -0.3 is 5.11 Å². The average Bonchev–Trinajstić information content (AvgIpc) is 2.55. The third-order valence-electron chi connectivity index (χ3n) is 3.29. The Labute approximate surface area is 168 Å². The van der Waals surface area contributed by atoms with Gasteiger partial charge in [-0.05, 0) is 72.8 Å². The number of rotatable bonds is 5.